The molecule has 0 aromatic heterocycles. The van der Waals surface area contributed by atoms with Gasteiger partial charge in [-0.05, 0) is 62.4 Å². The Morgan fingerprint density at radius 1 is 0.968 bits per heavy atom. The fraction of sp³-hybridized carbons (Fsp3) is 0.708. The van der Waals surface area contributed by atoms with E-state index in [-0.39, 0.29) is 11.9 Å². The minimum atomic E-state index is 0.197. The molecule has 5 nitrogen and oxygen atoms in total. The third-order valence-corrected chi connectivity index (χ3v) is 8.55. The number of benzene rings is 1. The summed E-state index contributed by atoms with van der Waals surface area (Å²) in [5.74, 6) is 1.02. The zero-order valence-electron chi connectivity index (χ0n) is 18.1. The van der Waals surface area contributed by atoms with Gasteiger partial charge in [0.15, 0.2) is 0 Å². The van der Waals surface area contributed by atoms with Crippen LogP contribution >= 0.6 is 23.2 Å². The Morgan fingerprint density at radius 3 is 2.45 bits per heavy atom. The number of nitrogens with zero attached hydrogens (tertiary/aromatic N) is 3. The van der Waals surface area contributed by atoms with Gasteiger partial charge in [0.05, 0.1) is 47.8 Å². The predicted molar refractivity (Wildman–Crippen MR) is 124 cm³/mol. The van der Waals surface area contributed by atoms with Crippen LogP contribution in [0.25, 0.3) is 0 Å². The van der Waals surface area contributed by atoms with E-state index in [4.69, 9.17) is 27.9 Å². The maximum atomic E-state index is 13.5. The van der Waals surface area contributed by atoms with Gasteiger partial charge in [-0.25, -0.2) is 0 Å². The van der Waals surface area contributed by atoms with Crippen LogP contribution in [0.15, 0.2) is 18.2 Å². The molecule has 1 saturated carbocycles. The maximum absolute atomic E-state index is 13.5. The first-order chi connectivity index (χ1) is 15.1. The summed E-state index contributed by atoms with van der Waals surface area (Å²) in [6, 6.07) is 6.32. The molecule has 0 N–H and O–H groups in total. The number of likely N-dealkylation sites (tertiary alicyclic amines) is 1. The highest BCUT2D eigenvalue weighted by atomic mass is 35.5. The van der Waals surface area contributed by atoms with Gasteiger partial charge in [0.25, 0.3) is 0 Å². The quantitative estimate of drug-likeness (QED) is 0.663. The standard InChI is InChI=1S/C24H33Cl2N3O2/c25-19-7-6-18(12-20(19)26)13-23(30)29-11-10-28(14-17-4-3-5-17)22-16-31-15-21(24(22)29)27-8-1-2-9-27/h6-7,12,17,21-22,24H,1-5,8-11,13-16H2/t21-,22?,24?/m0/s1. The van der Waals surface area contributed by atoms with Crippen LogP contribution in [0.2, 0.25) is 10.0 Å². The third kappa shape index (κ3) is 4.63. The van der Waals surface area contributed by atoms with E-state index >= 15 is 0 Å². The van der Waals surface area contributed by atoms with Crippen LogP contribution in [0.3, 0.4) is 0 Å². The maximum Gasteiger partial charge on any atom is 0.227 e. The molecule has 3 heterocycles. The molecule has 0 bridgehead atoms. The van der Waals surface area contributed by atoms with Crippen LogP contribution in [0.1, 0.15) is 37.7 Å². The molecule has 3 aliphatic heterocycles. The fourth-order valence-electron chi connectivity index (χ4n) is 5.90. The first-order valence-corrected chi connectivity index (χ1v) is 12.6. The second kappa shape index (κ2) is 9.56. The van der Waals surface area contributed by atoms with E-state index < -0.39 is 0 Å². The Labute approximate surface area is 195 Å². The summed E-state index contributed by atoms with van der Waals surface area (Å²) >= 11 is 12.3. The normalized spacial score (nSPS) is 30.3. The molecule has 1 amide bonds. The van der Waals surface area contributed by atoms with Crippen LogP contribution in [0.5, 0.6) is 0 Å². The van der Waals surface area contributed by atoms with Crippen molar-refractivity contribution >= 4 is 29.1 Å². The van der Waals surface area contributed by atoms with Crippen molar-refractivity contribution in [2.24, 2.45) is 5.92 Å². The molecule has 4 fully saturated rings. The Bertz CT molecular complexity index is 797. The first-order valence-electron chi connectivity index (χ1n) is 11.9. The van der Waals surface area contributed by atoms with Crippen LogP contribution in [-0.2, 0) is 16.0 Å². The Morgan fingerprint density at radius 2 is 1.74 bits per heavy atom. The lowest BCUT2D eigenvalue weighted by atomic mass is 9.83. The monoisotopic (exact) mass is 465 g/mol. The number of rotatable bonds is 5. The van der Waals surface area contributed by atoms with Crippen molar-refractivity contribution in [3.05, 3.63) is 33.8 Å². The largest absolute Gasteiger partial charge is 0.378 e. The molecule has 2 unspecified atom stereocenters. The molecule has 31 heavy (non-hydrogen) atoms. The summed E-state index contributed by atoms with van der Waals surface area (Å²) in [5.41, 5.74) is 0.928. The highest BCUT2D eigenvalue weighted by Gasteiger charge is 2.48. The van der Waals surface area contributed by atoms with Crippen LogP contribution < -0.4 is 0 Å². The fourth-order valence-corrected chi connectivity index (χ4v) is 6.22. The predicted octanol–water partition coefficient (Wildman–Crippen LogP) is 3.71. The van der Waals surface area contributed by atoms with Gasteiger partial charge in [-0.2, -0.15) is 0 Å². The van der Waals surface area contributed by atoms with Crippen molar-refractivity contribution in [2.75, 3.05) is 45.9 Å². The molecular formula is C24H33Cl2N3O2. The molecule has 170 valence electrons. The Kier molecular flexibility index (Phi) is 6.78. The Balaban J connectivity index is 1.37. The second-order valence-corrected chi connectivity index (χ2v) is 10.5. The van der Waals surface area contributed by atoms with Crippen LogP contribution in [0, 0.1) is 5.92 Å². The highest BCUT2D eigenvalue weighted by molar-refractivity contribution is 6.42. The summed E-state index contributed by atoms with van der Waals surface area (Å²) < 4.78 is 6.15. The van der Waals surface area contributed by atoms with Gasteiger partial charge in [-0.1, -0.05) is 35.7 Å². The number of carbonyl (C=O) groups is 1. The average Bonchev–Trinajstić information content (AvgIpc) is 3.27. The number of hydrogen-bond acceptors (Lipinski definition) is 4. The molecule has 5 rings (SSSR count). The molecule has 3 saturated heterocycles. The average molecular weight is 466 g/mol. The number of fused-ring (bicyclic) bond motifs is 1. The smallest absolute Gasteiger partial charge is 0.227 e. The molecule has 0 spiro atoms. The molecule has 4 aliphatic rings. The van der Waals surface area contributed by atoms with Gasteiger partial charge in [0.2, 0.25) is 5.91 Å². The van der Waals surface area contributed by atoms with E-state index in [2.05, 4.69) is 14.7 Å². The minimum absolute atomic E-state index is 0.197. The lowest BCUT2D eigenvalue weighted by Crippen LogP contribution is -2.72. The van der Waals surface area contributed by atoms with Crippen molar-refractivity contribution < 1.29 is 9.53 Å². The van der Waals surface area contributed by atoms with Crippen molar-refractivity contribution in [2.45, 2.75) is 56.7 Å². The lowest BCUT2D eigenvalue weighted by molar-refractivity contribution is -0.153. The Hall–Kier alpha value is -0.850. The van der Waals surface area contributed by atoms with Gasteiger partial charge in [-0.15, -0.1) is 0 Å². The van der Waals surface area contributed by atoms with Crippen molar-refractivity contribution in [1.29, 1.82) is 0 Å². The summed E-state index contributed by atoms with van der Waals surface area (Å²) in [6.45, 7) is 6.61. The topological polar surface area (TPSA) is 36.0 Å². The van der Waals surface area contributed by atoms with E-state index in [9.17, 15) is 4.79 Å². The first kappa shape index (κ1) is 22.0. The van der Waals surface area contributed by atoms with Gasteiger partial charge in [0.1, 0.15) is 0 Å². The third-order valence-electron chi connectivity index (χ3n) is 7.81. The van der Waals surface area contributed by atoms with Crippen molar-refractivity contribution in [3.8, 4) is 0 Å². The summed E-state index contributed by atoms with van der Waals surface area (Å²) in [7, 11) is 0. The number of hydrogen-bond donors (Lipinski definition) is 0. The summed E-state index contributed by atoms with van der Waals surface area (Å²) in [4.78, 5) is 20.9. The molecule has 1 aromatic rings. The van der Waals surface area contributed by atoms with E-state index in [1.165, 1.54) is 32.1 Å². The molecule has 1 aliphatic carbocycles. The number of amides is 1. The molecular weight excluding hydrogens is 433 g/mol. The number of carbonyl (C=O) groups excluding carboxylic acids is 1. The molecule has 3 atom stereocenters. The molecule has 1 aromatic carbocycles. The summed E-state index contributed by atoms with van der Waals surface area (Å²) in [5, 5.41) is 1.04. The van der Waals surface area contributed by atoms with Gasteiger partial charge < -0.3 is 9.64 Å². The minimum Gasteiger partial charge on any atom is -0.378 e. The molecule has 7 heteroatoms. The zero-order chi connectivity index (χ0) is 21.4. The van der Waals surface area contributed by atoms with Crippen LogP contribution in [-0.4, -0.2) is 84.7 Å². The highest BCUT2D eigenvalue weighted by Crippen LogP contribution is 2.34. The zero-order valence-corrected chi connectivity index (χ0v) is 19.7. The number of halogens is 2. The van der Waals surface area contributed by atoms with Gasteiger partial charge >= 0.3 is 0 Å². The second-order valence-electron chi connectivity index (χ2n) is 9.71. The van der Waals surface area contributed by atoms with E-state index in [0.29, 0.717) is 28.5 Å². The van der Waals surface area contributed by atoms with Gasteiger partial charge in [-0.3, -0.25) is 14.6 Å². The van der Waals surface area contributed by atoms with Gasteiger partial charge in [0, 0.05) is 19.6 Å². The SMILES string of the molecule is O=C(Cc1ccc(Cl)c(Cl)c1)N1CCN(CC2CCC2)C2COC[C@H](N3CCCC3)C21. The number of piperazine rings is 1. The van der Waals surface area contributed by atoms with E-state index in [0.717, 1.165) is 57.4 Å². The van der Waals surface area contributed by atoms with Crippen molar-refractivity contribution in [1.82, 2.24) is 14.7 Å². The van der Waals surface area contributed by atoms with E-state index in [1.807, 2.05) is 12.1 Å². The lowest BCUT2D eigenvalue weighted by Gasteiger charge is -2.55. The van der Waals surface area contributed by atoms with E-state index in [1.54, 1.807) is 6.07 Å². The number of ether oxygens (including phenoxy) is 1. The van der Waals surface area contributed by atoms with Crippen LogP contribution in [0.4, 0.5) is 0 Å². The summed E-state index contributed by atoms with van der Waals surface area (Å²) in [6.07, 6.45) is 6.94. The van der Waals surface area contributed by atoms with Crippen molar-refractivity contribution in [3.63, 3.8) is 0 Å². The molecule has 0 radical (unpaired) electrons.